The van der Waals surface area contributed by atoms with Crippen LogP contribution < -0.4 is 5.32 Å². The molecule has 0 amide bonds. The number of piperidine rings is 1. The fraction of sp³-hybridized carbons (Fsp3) is 1.00. The molecule has 4 heteroatoms. The summed E-state index contributed by atoms with van der Waals surface area (Å²) < 4.78 is 0. The molecule has 0 bridgehead atoms. The second-order valence-electron chi connectivity index (χ2n) is 3.75. The van der Waals surface area contributed by atoms with Crippen molar-refractivity contribution in [2.24, 2.45) is 5.41 Å². The van der Waals surface area contributed by atoms with Crippen molar-refractivity contribution in [3.05, 3.63) is 0 Å². The van der Waals surface area contributed by atoms with Crippen LogP contribution in [-0.2, 0) is 0 Å². The van der Waals surface area contributed by atoms with E-state index in [0.29, 0.717) is 0 Å². The number of hydrogen-bond donors (Lipinski definition) is 3. The molecule has 1 rings (SSSR count). The Hall–Kier alpha value is 0.170. The standard InChI is InChI=1S/C9H19NO2.ClH/c1-2-4-9(7-11)6-10-5-3-8(9)12;/h8,10-12H,2-7H2,1H3;1H/t8-,9+;/m0./s1. The average molecular weight is 210 g/mol. The molecule has 3 nitrogen and oxygen atoms in total. The van der Waals surface area contributed by atoms with Crippen LogP contribution in [0.5, 0.6) is 0 Å². The molecular weight excluding hydrogens is 190 g/mol. The van der Waals surface area contributed by atoms with Crippen molar-refractivity contribution >= 4 is 12.4 Å². The van der Waals surface area contributed by atoms with Gasteiger partial charge in [-0.3, -0.25) is 0 Å². The molecule has 0 aliphatic carbocycles. The molecule has 0 aromatic carbocycles. The second-order valence-corrected chi connectivity index (χ2v) is 3.75. The van der Waals surface area contributed by atoms with Crippen molar-refractivity contribution in [3.63, 3.8) is 0 Å². The van der Waals surface area contributed by atoms with Gasteiger partial charge in [0.15, 0.2) is 0 Å². The Balaban J connectivity index is 0.00000144. The maximum atomic E-state index is 9.75. The largest absolute Gasteiger partial charge is 0.396 e. The molecule has 1 fully saturated rings. The van der Waals surface area contributed by atoms with Crippen LogP contribution in [0.15, 0.2) is 0 Å². The van der Waals surface area contributed by atoms with Gasteiger partial charge < -0.3 is 15.5 Å². The highest BCUT2D eigenvalue weighted by molar-refractivity contribution is 5.85. The molecular formula is C9H20ClNO2. The highest BCUT2D eigenvalue weighted by atomic mass is 35.5. The Labute approximate surface area is 85.9 Å². The van der Waals surface area contributed by atoms with Crippen molar-refractivity contribution in [1.82, 2.24) is 5.32 Å². The lowest BCUT2D eigenvalue weighted by atomic mass is 9.75. The fourth-order valence-electron chi connectivity index (χ4n) is 1.99. The van der Waals surface area contributed by atoms with Crippen LogP contribution in [0.25, 0.3) is 0 Å². The summed E-state index contributed by atoms with van der Waals surface area (Å²) in [6, 6.07) is 0. The van der Waals surface area contributed by atoms with Crippen molar-refractivity contribution < 1.29 is 10.2 Å². The summed E-state index contributed by atoms with van der Waals surface area (Å²) in [4.78, 5) is 0. The van der Waals surface area contributed by atoms with Crippen molar-refractivity contribution in [2.75, 3.05) is 19.7 Å². The van der Waals surface area contributed by atoms with E-state index in [1.54, 1.807) is 0 Å². The van der Waals surface area contributed by atoms with E-state index in [-0.39, 0.29) is 30.5 Å². The lowest BCUT2D eigenvalue weighted by molar-refractivity contribution is -0.0429. The minimum atomic E-state index is -0.330. The summed E-state index contributed by atoms with van der Waals surface area (Å²) in [5.74, 6) is 0. The zero-order chi connectivity index (χ0) is 9.03. The number of rotatable bonds is 3. The number of aliphatic hydroxyl groups excluding tert-OH is 2. The van der Waals surface area contributed by atoms with Crippen LogP contribution in [-0.4, -0.2) is 36.0 Å². The van der Waals surface area contributed by atoms with Crippen molar-refractivity contribution in [1.29, 1.82) is 0 Å². The first kappa shape index (κ1) is 13.2. The molecule has 0 radical (unpaired) electrons. The van der Waals surface area contributed by atoms with Gasteiger partial charge in [0, 0.05) is 12.0 Å². The van der Waals surface area contributed by atoms with E-state index < -0.39 is 0 Å². The molecule has 1 aliphatic heterocycles. The van der Waals surface area contributed by atoms with Gasteiger partial charge in [0.2, 0.25) is 0 Å². The van der Waals surface area contributed by atoms with E-state index in [1.807, 2.05) is 0 Å². The minimum Gasteiger partial charge on any atom is -0.396 e. The normalized spacial score (nSPS) is 33.9. The molecule has 1 saturated heterocycles. The lowest BCUT2D eigenvalue weighted by Gasteiger charge is -2.40. The van der Waals surface area contributed by atoms with Crippen LogP contribution in [0.4, 0.5) is 0 Å². The fourth-order valence-corrected chi connectivity index (χ4v) is 1.99. The Bertz CT molecular complexity index is 142. The van der Waals surface area contributed by atoms with Gasteiger partial charge in [-0.25, -0.2) is 0 Å². The molecule has 0 spiro atoms. The topological polar surface area (TPSA) is 52.5 Å². The number of halogens is 1. The molecule has 0 saturated carbocycles. The van der Waals surface area contributed by atoms with Crippen molar-refractivity contribution in [2.45, 2.75) is 32.3 Å². The Morgan fingerprint density at radius 3 is 2.69 bits per heavy atom. The van der Waals surface area contributed by atoms with Gasteiger partial charge in [-0.1, -0.05) is 13.3 Å². The molecule has 0 unspecified atom stereocenters. The predicted octanol–water partition coefficient (Wildman–Crippen LogP) is 0.541. The van der Waals surface area contributed by atoms with Gasteiger partial charge in [0.25, 0.3) is 0 Å². The number of aliphatic hydroxyl groups is 2. The maximum Gasteiger partial charge on any atom is 0.0642 e. The SMILES string of the molecule is CCC[C@]1(CO)CNCC[C@@H]1O.Cl. The summed E-state index contributed by atoms with van der Waals surface area (Å²) in [6.07, 6.45) is 2.35. The van der Waals surface area contributed by atoms with Gasteiger partial charge in [0.1, 0.15) is 0 Å². The smallest absolute Gasteiger partial charge is 0.0642 e. The molecule has 1 heterocycles. The van der Waals surface area contributed by atoms with E-state index in [1.165, 1.54) is 0 Å². The van der Waals surface area contributed by atoms with Crippen LogP contribution >= 0.6 is 12.4 Å². The monoisotopic (exact) mass is 209 g/mol. The third-order valence-corrected chi connectivity index (χ3v) is 2.84. The third kappa shape index (κ3) is 2.81. The van der Waals surface area contributed by atoms with Crippen LogP contribution in [0, 0.1) is 5.41 Å². The maximum absolute atomic E-state index is 9.75. The van der Waals surface area contributed by atoms with E-state index in [9.17, 15) is 10.2 Å². The van der Waals surface area contributed by atoms with Crippen LogP contribution in [0.3, 0.4) is 0 Å². The highest BCUT2D eigenvalue weighted by Gasteiger charge is 2.38. The van der Waals surface area contributed by atoms with Gasteiger partial charge in [-0.2, -0.15) is 0 Å². The zero-order valence-corrected chi connectivity index (χ0v) is 8.94. The summed E-state index contributed by atoms with van der Waals surface area (Å²) in [5.41, 5.74) is -0.271. The molecule has 1 aliphatic rings. The van der Waals surface area contributed by atoms with Gasteiger partial charge in [-0.15, -0.1) is 12.4 Å². The molecule has 13 heavy (non-hydrogen) atoms. The summed E-state index contributed by atoms with van der Waals surface area (Å²) in [5, 5.41) is 22.2. The molecule has 3 N–H and O–H groups in total. The Kier molecular flexibility index (Phi) is 5.88. The highest BCUT2D eigenvalue weighted by Crippen LogP contribution is 2.31. The van der Waals surface area contributed by atoms with Crippen LogP contribution in [0.1, 0.15) is 26.2 Å². The van der Waals surface area contributed by atoms with Crippen molar-refractivity contribution in [3.8, 4) is 0 Å². The minimum absolute atomic E-state index is 0. The molecule has 2 atom stereocenters. The summed E-state index contributed by atoms with van der Waals surface area (Å²) in [7, 11) is 0. The molecule has 80 valence electrons. The first-order chi connectivity index (χ1) is 5.75. The Morgan fingerprint density at radius 2 is 2.23 bits per heavy atom. The Morgan fingerprint density at radius 1 is 1.54 bits per heavy atom. The number of hydrogen-bond acceptors (Lipinski definition) is 3. The van der Waals surface area contributed by atoms with Gasteiger partial charge in [0.05, 0.1) is 12.7 Å². The average Bonchev–Trinajstić information content (AvgIpc) is 2.10. The quantitative estimate of drug-likeness (QED) is 0.636. The predicted molar refractivity (Wildman–Crippen MR) is 55.2 cm³/mol. The summed E-state index contributed by atoms with van der Waals surface area (Å²) >= 11 is 0. The lowest BCUT2D eigenvalue weighted by Crippen LogP contribution is -2.52. The summed E-state index contributed by atoms with van der Waals surface area (Å²) in [6.45, 7) is 3.79. The van der Waals surface area contributed by atoms with Crippen LogP contribution in [0.2, 0.25) is 0 Å². The molecule has 0 aromatic heterocycles. The first-order valence-electron chi connectivity index (χ1n) is 4.75. The van der Waals surface area contributed by atoms with Gasteiger partial charge in [-0.05, 0) is 19.4 Å². The molecule has 0 aromatic rings. The van der Waals surface area contributed by atoms with E-state index in [0.717, 1.165) is 32.4 Å². The van der Waals surface area contributed by atoms with E-state index in [2.05, 4.69) is 12.2 Å². The van der Waals surface area contributed by atoms with E-state index >= 15 is 0 Å². The third-order valence-electron chi connectivity index (χ3n) is 2.84. The number of nitrogens with one attached hydrogen (secondary N) is 1. The second kappa shape index (κ2) is 5.81. The first-order valence-corrected chi connectivity index (χ1v) is 4.75. The van der Waals surface area contributed by atoms with E-state index in [4.69, 9.17) is 0 Å². The zero-order valence-electron chi connectivity index (χ0n) is 8.12. The van der Waals surface area contributed by atoms with Gasteiger partial charge >= 0.3 is 0 Å².